The van der Waals surface area contributed by atoms with Crippen molar-refractivity contribution in [2.24, 2.45) is 5.73 Å². The lowest BCUT2D eigenvalue weighted by Gasteiger charge is -2.17. The molecule has 0 aliphatic heterocycles. The number of hydrogen-bond donors (Lipinski definition) is 1. The van der Waals surface area contributed by atoms with Gasteiger partial charge in [0.1, 0.15) is 5.75 Å². The Morgan fingerprint density at radius 3 is 2.47 bits per heavy atom. The Balaban J connectivity index is 3.25. The molecule has 0 radical (unpaired) electrons. The molecule has 0 saturated carbocycles. The fourth-order valence-corrected chi connectivity index (χ4v) is 1.74. The number of rotatable bonds is 3. The van der Waals surface area contributed by atoms with Gasteiger partial charge in [-0.15, -0.1) is 0 Å². The molecule has 1 aromatic rings. The molecule has 15 heavy (non-hydrogen) atoms. The highest BCUT2D eigenvalue weighted by Gasteiger charge is 2.12. The van der Waals surface area contributed by atoms with E-state index in [1.807, 2.05) is 33.8 Å². The number of nitrogens with two attached hydrogens (primary N) is 1. The van der Waals surface area contributed by atoms with Gasteiger partial charge in [0.05, 0.1) is 6.10 Å². The minimum Gasteiger partial charge on any atom is -0.491 e. The summed E-state index contributed by atoms with van der Waals surface area (Å²) in [6, 6.07) is 1.96. The molecule has 84 valence electrons. The van der Waals surface area contributed by atoms with Crippen LogP contribution in [0.1, 0.15) is 30.5 Å². The maximum Gasteiger partial charge on any atom is 0.124 e. The summed E-state index contributed by atoms with van der Waals surface area (Å²) in [5.74, 6) is 0.854. The molecule has 0 spiro atoms. The summed E-state index contributed by atoms with van der Waals surface area (Å²) < 4.78 is 5.71. The molecule has 1 aromatic carbocycles. The minimum atomic E-state index is 0.148. The minimum absolute atomic E-state index is 0.148. The number of halogens is 1. The second kappa shape index (κ2) is 4.86. The molecule has 0 aliphatic rings. The number of aryl methyl sites for hydroxylation is 1. The molecule has 2 N–H and O–H groups in total. The van der Waals surface area contributed by atoms with Crippen molar-refractivity contribution in [3.63, 3.8) is 0 Å². The lowest BCUT2D eigenvalue weighted by atomic mass is 10.0. The molecule has 0 saturated heterocycles. The van der Waals surface area contributed by atoms with Gasteiger partial charge in [-0.1, -0.05) is 11.6 Å². The van der Waals surface area contributed by atoms with Gasteiger partial charge in [0, 0.05) is 17.1 Å². The zero-order valence-corrected chi connectivity index (χ0v) is 10.5. The normalized spacial score (nSPS) is 10.9. The third-order valence-electron chi connectivity index (χ3n) is 2.34. The van der Waals surface area contributed by atoms with Crippen molar-refractivity contribution >= 4 is 11.6 Å². The Morgan fingerprint density at radius 2 is 2.00 bits per heavy atom. The highest BCUT2D eigenvalue weighted by atomic mass is 35.5. The topological polar surface area (TPSA) is 35.2 Å². The number of hydrogen-bond acceptors (Lipinski definition) is 2. The molecule has 0 aromatic heterocycles. The van der Waals surface area contributed by atoms with Crippen molar-refractivity contribution in [3.8, 4) is 5.75 Å². The zero-order valence-electron chi connectivity index (χ0n) is 9.73. The van der Waals surface area contributed by atoms with Crippen LogP contribution in [0.25, 0.3) is 0 Å². The maximum atomic E-state index is 6.16. The van der Waals surface area contributed by atoms with Gasteiger partial charge in [-0.3, -0.25) is 0 Å². The van der Waals surface area contributed by atoms with Crippen LogP contribution in [0.2, 0.25) is 5.02 Å². The van der Waals surface area contributed by atoms with Crippen LogP contribution in [-0.4, -0.2) is 6.10 Å². The summed E-state index contributed by atoms with van der Waals surface area (Å²) in [6.45, 7) is 8.40. The summed E-state index contributed by atoms with van der Waals surface area (Å²) in [4.78, 5) is 0. The molecule has 0 fully saturated rings. The van der Waals surface area contributed by atoms with Crippen molar-refractivity contribution < 1.29 is 4.74 Å². The molecule has 3 heteroatoms. The lowest BCUT2D eigenvalue weighted by molar-refractivity contribution is 0.239. The van der Waals surface area contributed by atoms with Crippen LogP contribution in [0.15, 0.2) is 6.07 Å². The summed E-state index contributed by atoms with van der Waals surface area (Å²) in [7, 11) is 0. The molecule has 2 nitrogen and oxygen atoms in total. The highest BCUT2D eigenvalue weighted by molar-refractivity contribution is 6.32. The predicted octanol–water partition coefficient (Wildman–Crippen LogP) is 3.20. The van der Waals surface area contributed by atoms with Crippen molar-refractivity contribution in [2.45, 2.75) is 40.3 Å². The van der Waals surface area contributed by atoms with E-state index >= 15 is 0 Å². The first-order valence-corrected chi connectivity index (χ1v) is 5.50. The Hall–Kier alpha value is -0.730. The smallest absolute Gasteiger partial charge is 0.124 e. The Morgan fingerprint density at radius 1 is 1.40 bits per heavy atom. The van der Waals surface area contributed by atoms with Crippen molar-refractivity contribution in [1.29, 1.82) is 0 Å². The Kier molecular flexibility index (Phi) is 4.00. The highest BCUT2D eigenvalue weighted by Crippen LogP contribution is 2.31. The van der Waals surface area contributed by atoms with Crippen LogP contribution in [-0.2, 0) is 6.54 Å². The monoisotopic (exact) mass is 227 g/mol. The van der Waals surface area contributed by atoms with Crippen molar-refractivity contribution in [2.75, 3.05) is 0 Å². The summed E-state index contributed by atoms with van der Waals surface area (Å²) >= 11 is 6.16. The quantitative estimate of drug-likeness (QED) is 0.861. The molecular formula is C12H18ClNO. The first kappa shape index (κ1) is 12.3. The first-order valence-electron chi connectivity index (χ1n) is 5.12. The molecule has 0 bridgehead atoms. The van der Waals surface area contributed by atoms with E-state index in [-0.39, 0.29) is 6.10 Å². The average molecular weight is 228 g/mol. The standard InChI is InChI=1S/C12H18ClNO/c1-7(2)15-11-5-8(3)12(13)9(4)10(11)6-14/h5,7H,6,14H2,1-4H3. The van der Waals surface area contributed by atoms with E-state index < -0.39 is 0 Å². The molecule has 0 aliphatic carbocycles. The van der Waals surface area contributed by atoms with E-state index in [1.54, 1.807) is 0 Å². The molecule has 0 atom stereocenters. The molecular weight excluding hydrogens is 210 g/mol. The van der Waals surface area contributed by atoms with Gasteiger partial charge in [0.2, 0.25) is 0 Å². The van der Waals surface area contributed by atoms with Gasteiger partial charge in [0.15, 0.2) is 0 Å². The first-order chi connectivity index (χ1) is 6.97. The third kappa shape index (κ3) is 2.64. The maximum absolute atomic E-state index is 6.16. The Labute approximate surface area is 96.4 Å². The Bertz CT molecular complexity index is 361. The fraction of sp³-hybridized carbons (Fsp3) is 0.500. The average Bonchev–Trinajstić information content (AvgIpc) is 2.14. The number of ether oxygens (including phenoxy) is 1. The summed E-state index contributed by atoms with van der Waals surface area (Å²) in [6.07, 6.45) is 0.148. The lowest BCUT2D eigenvalue weighted by Crippen LogP contribution is -2.11. The largest absolute Gasteiger partial charge is 0.491 e. The van der Waals surface area contributed by atoms with Gasteiger partial charge in [-0.25, -0.2) is 0 Å². The van der Waals surface area contributed by atoms with Gasteiger partial charge >= 0.3 is 0 Å². The van der Waals surface area contributed by atoms with Crippen molar-refractivity contribution in [3.05, 3.63) is 27.8 Å². The van der Waals surface area contributed by atoms with Gasteiger partial charge in [0.25, 0.3) is 0 Å². The van der Waals surface area contributed by atoms with Crippen LogP contribution in [0.3, 0.4) is 0 Å². The van der Waals surface area contributed by atoms with E-state index in [0.717, 1.165) is 27.5 Å². The van der Waals surface area contributed by atoms with Crippen molar-refractivity contribution in [1.82, 2.24) is 0 Å². The fourth-order valence-electron chi connectivity index (χ4n) is 1.57. The molecule has 0 unspecified atom stereocenters. The molecule has 0 heterocycles. The van der Waals surface area contributed by atoms with E-state index in [0.29, 0.717) is 6.54 Å². The summed E-state index contributed by atoms with van der Waals surface area (Å²) in [5.41, 5.74) is 8.76. The van der Waals surface area contributed by atoms with E-state index in [1.165, 1.54) is 0 Å². The zero-order chi connectivity index (χ0) is 11.6. The van der Waals surface area contributed by atoms with Crippen LogP contribution < -0.4 is 10.5 Å². The van der Waals surface area contributed by atoms with Gasteiger partial charge < -0.3 is 10.5 Å². The van der Waals surface area contributed by atoms with Crippen LogP contribution in [0.5, 0.6) is 5.75 Å². The second-order valence-electron chi connectivity index (χ2n) is 3.98. The predicted molar refractivity (Wildman–Crippen MR) is 64.6 cm³/mol. The van der Waals surface area contributed by atoms with Crippen LogP contribution in [0.4, 0.5) is 0 Å². The van der Waals surface area contributed by atoms with Crippen LogP contribution >= 0.6 is 11.6 Å². The second-order valence-corrected chi connectivity index (χ2v) is 4.36. The third-order valence-corrected chi connectivity index (χ3v) is 2.92. The molecule has 0 amide bonds. The van der Waals surface area contributed by atoms with Gasteiger partial charge in [-0.05, 0) is 44.9 Å². The van der Waals surface area contributed by atoms with Crippen LogP contribution in [0, 0.1) is 13.8 Å². The SMILES string of the molecule is Cc1cc(OC(C)C)c(CN)c(C)c1Cl. The van der Waals surface area contributed by atoms with E-state index in [9.17, 15) is 0 Å². The number of benzene rings is 1. The van der Waals surface area contributed by atoms with E-state index in [4.69, 9.17) is 22.1 Å². The van der Waals surface area contributed by atoms with E-state index in [2.05, 4.69) is 0 Å². The van der Waals surface area contributed by atoms with Gasteiger partial charge in [-0.2, -0.15) is 0 Å². The summed E-state index contributed by atoms with van der Waals surface area (Å²) in [5, 5.41) is 0.784. The molecule has 1 rings (SSSR count).